The van der Waals surface area contributed by atoms with E-state index in [1.807, 2.05) is 23.6 Å². The Balaban J connectivity index is 2.33. The Morgan fingerprint density at radius 2 is 2.19 bits per heavy atom. The van der Waals surface area contributed by atoms with E-state index in [0.717, 1.165) is 30.3 Å². The van der Waals surface area contributed by atoms with Crippen LogP contribution in [0.25, 0.3) is 5.65 Å². The molecule has 2 aromatic heterocycles. The fourth-order valence-electron chi connectivity index (χ4n) is 1.66. The summed E-state index contributed by atoms with van der Waals surface area (Å²) in [5, 5.41) is 16.0. The lowest BCUT2D eigenvalue weighted by Crippen LogP contribution is -2.21. The van der Waals surface area contributed by atoms with Crippen LogP contribution in [-0.4, -0.2) is 32.9 Å². The first-order chi connectivity index (χ1) is 7.72. The van der Waals surface area contributed by atoms with E-state index in [9.17, 15) is 0 Å². The molecule has 2 heterocycles. The van der Waals surface area contributed by atoms with Crippen molar-refractivity contribution in [1.82, 2.24) is 25.1 Å². The second-order valence-corrected chi connectivity index (χ2v) is 4.01. The number of hydrogen-bond donors (Lipinski definition) is 1. The number of hydrogen-bond acceptors (Lipinski definition) is 4. The molecule has 86 valence electrons. The molecule has 5 nitrogen and oxygen atoms in total. The van der Waals surface area contributed by atoms with Crippen molar-refractivity contribution >= 4 is 5.65 Å². The number of aryl methyl sites for hydroxylation is 1. The van der Waals surface area contributed by atoms with E-state index in [-0.39, 0.29) is 0 Å². The lowest BCUT2D eigenvalue weighted by Gasteiger charge is -2.09. The summed E-state index contributed by atoms with van der Waals surface area (Å²) >= 11 is 0. The van der Waals surface area contributed by atoms with Crippen LogP contribution in [0.1, 0.15) is 31.3 Å². The molecule has 0 aromatic carbocycles. The van der Waals surface area contributed by atoms with Gasteiger partial charge in [0.25, 0.3) is 0 Å². The number of nitrogens with zero attached hydrogens (tertiary/aromatic N) is 4. The Kier molecular flexibility index (Phi) is 3.14. The van der Waals surface area contributed by atoms with Crippen molar-refractivity contribution in [3.8, 4) is 0 Å². The maximum atomic E-state index is 4.43. The quantitative estimate of drug-likeness (QED) is 0.838. The number of likely N-dealkylation sites (N-methyl/N-ethyl adjacent to an activating group) is 1. The second-order valence-electron chi connectivity index (χ2n) is 4.01. The van der Waals surface area contributed by atoms with Crippen molar-refractivity contribution in [1.29, 1.82) is 0 Å². The van der Waals surface area contributed by atoms with Crippen molar-refractivity contribution in [2.45, 2.75) is 26.7 Å². The number of rotatable bonds is 4. The maximum Gasteiger partial charge on any atom is 0.177 e. The largest absolute Gasteiger partial charge is 0.316 e. The van der Waals surface area contributed by atoms with Gasteiger partial charge in [0.05, 0.1) is 5.69 Å². The van der Waals surface area contributed by atoms with Gasteiger partial charge in [-0.05, 0) is 25.6 Å². The van der Waals surface area contributed by atoms with Gasteiger partial charge in [-0.1, -0.05) is 13.8 Å². The number of nitrogens with one attached hydrogen (secondary N) is 1. The Hall–Kier alpha value is -1.49. The maximum absolute atomic E-state index is 4.43. The molecule has 1 N–H and O–H groups in total. The molecule has 0 saturated carbocycles. The fraction of sp³-hybridized carbons (Fsp3) is 0.545. The first-order valence-corrected chi connectivity index (χ1v) is 5.62. The summed E-state index contributed by atoms with van der Waals surface area (Å²) in [6.45, 7) is 8.05. The normalized spacial score (nSPS) is 13.2. The van der Waals surface area contributed by atoms with Gasteiger partial charge in [0, 0.05) is 12.5 Å². The number of fused-ring (bicyclic) bond motifs is 1. The lowest BCUT2D eigenvalue weighted by molar-refractivity contribution is 0.592. The van der Waals surface area contributed by atoms with Gasteiger partial charge in [-0.25, -0.2) is 0 Å². The molecule has 16 heavy (non-hydrogen) atoms. The molecular weight excluding hydrogens is 202 g/mol. The Morgan fingerprint density at radius 3 is 2.94 bits per heavy atom. The van der Waals surface area contributed by atoms with Gasteiger partial charge in [0.1, 0.15) is 0 Å². The van der Waals surface area contributed by atoms with Gasteiger partial charge in [-0.3, -0.25) is 0 Å². The first-order valence-electron chi connectivity index (χ1n) is 5.62. The van der Waals surface area contributed by atoms with Crippen LogP contribution in [0.15, 0.2) is 12.1 Å². The predicted molar refractivity (Wildman–Crippen MR) is 62.5 cm³/mol. The van der Waals surface area contributed by atoms with E-state index in [2.05, 4.69) is 34.5 Å². The van der Waals surface area contributed by atoms with Crippen molar-refractivity contribution in [3.63, 3.8) is 0 Å². The summed E-state index contributed by atoms with van der Waals surface area (Å²) in [4.78, 5) is 0. The van der Waals surface area contributed by atoms with Gasteiger partial charge >= 0.3 is 0 Å². The molecule has 2 rings (SSSR count). The number of aromatic nitrogens is 4. The van der Waals surface area contributed by atoms with E-state index in [0.29, 0.717) is 5.92 Å². The summed E-state index contributed by atoms with van der Waals surface area (Å²) < 4.78 is 1.83. The average molecular weight is 219 g/mol. The first kappa shape index (κ1) is 11.0. The van der Waals surface area contributed by atoms with Crippen LogP contribution in [0.3, 0.4) is 0 Å². The summed E-state index contributed by atoms with van der Waals surface area (Å²) in [6, 6.07) is 3.89. The standard InChI is InChI=1S/C11H17N5/c1-4-12-7-8(2)11-14-13-10-6-5-9(3)15-16(10)11/h5-6,8,12H,4,7H2,1-3H3. The van der Waals surface area contributed by atoms with Gasteiger partial charge in [-0.2, -0.15) is 9.61 Å². The van der Waals surface area contributed by atoms with Crippen LogP contribution in [-0.2, 0) is 0 Å². The van der Waals surface area contributed by atoms with Gasteiger partial charge < -0.3 is 5.32 Å². The molecule has 0 bridgehead atoms. The average Bonchev–Trinajstić information content (AvgIpc) is 2.68. The van der Waals surface area contributed by atoms with Crippen molar-refractivity contribution in [2.24, 2.45) is 0 Å². The topological polar surface area (TPSA) is 55.1 Å². The molecule has 2 aromatic rings. The van der Waals surface area contributed by atoms with Crippen LogP contribution in [0, 0.1) is 6.92 Å². The molecule has 0 aliphatic heterocycles. The third-order valence-corrected chi connectivity index (χ3v) is 2.56. The highest BCUT2D eigenvalue weighted by molar-refractivity contribution is 5.36. The van der Waals surface area contributed by atoms with Crippen molar-refractivity contribution in [3.05, 3.63) is 23.7 Å². The summed E-state index contributed by atoms with van der Waals surface area (Å²) in [5.74, 6) is 1.23. The van der Waals surface area contributed by atoms with E-state index in [4.69, 9.17) is 0 Å². The molecule has 5 heteroatoms. The minimum atomic E-state index is 0.309. The summed E-state index contributed by atoms with van der Waals surface area (Å²) in [5.41, 5.74) is 1.79. The highest BCUT2D eigenvalue weighted by atomic mass is 15.4. The smallest absolute Gasteiger partial charge is 0.177 e. The molecule has 1 atom stereocenters. The molecule has 0 radical (unpaired) electrons. The van der Waals surface area contributed by atoms with Gasteiger partial charge in [0.2, 0.25) is 0 Å². The molecule has 0 spiro atoms. The minimum Gasteiger partial charge on any atom is -0.316 e. The van der Waals surface area contributed by atoms with Gasteiger partial charge in [0.15, 0.2) is 11.5 Å². The monoisotopic (exact) mass is 219 g/mol. The molecule has 1 unspecified atom stereocenters. The minimum absolute atomic E-state index is 0.309. The van der Waals surface area contributed by atoms with Crippen molar-refractivity contribution < 1.29 is 0 Å². The third kappa shape index (κ3) is 2.04. The van der Waals surface area contributed by atoms with E-state index < -0.39 is 0 Å². The zero-order valence-electron chi connectivity index (χ0n) is 9.94. The summed E-state index contributed by atoms with van der Waals surface area (Å²) in [7, 11) is 0. The zero-order valence-corrected chi connectivity index (χ0v) is 9.94. The van der Waals surface area contributed by atoms with Crippen LogP contribution < -0.4 is 5.32 Å². The van der Waals surface area contributed by atoms with Crippen molar-refractivity contribution in [2.75, 3.05) is 13.1 Å². The lowest BCUT2D eigenvalue weighted by atomic mass is 10.1. The molecule has 0 amide bonds. The molecule has 0 saturated heterocycles. The molecular formula is C11H17N5. The Bertz CT molecular complexity index is 476. The zero-order chi connectivity index (χ0) is 11.5. The molecule has 0 fully saturated rings. The molecule has 0 aliphatic rings. The van der Waals surface area contributed by atoms with Gasteiger partial charge in [-0.15, -0.1) is 10.2 Å². The summed E-state index contributed by atoms with van der Waals surface area (Å²) in [6.07, 6.45) is 0. The fourth-order valence-corrected chi connectivity index (χ4v) is 1.66. The van der Waals surface area contributed by atoms with Crippen LogP contribution in [0.5, 0.6) is 0 Å². The van der Waals surface area contributed by atoms with E-state index >= 15 is 0 Å². The third-order valence-electron chi connectivity index (χ3n) is 2.56. The predicted octanol–water partition coefficient (Wildman–Crippen LogP) is 1.15. The van der Waals surface area contributed by atoms with Crippen LogP contribution in [0.2, 0.25) is 0 Å². The highest BCUT2D eigenvalue weighted by Crippen LogP contribution is 2.12. The Morgan fingerprint density at radius 1 is 1.38 bits per heavy atom. The van der Waals surface area contributed by atoms with Crippen LogP contribution >= 0.6 is 0 Å². The SMILES string of the molecule is CCNCC(C)c1nnc2ccc(C)nn12. The Labute approximate surface area is 94.9 Å². The van der Waals surface area contributed by atoms with Crippen LogP contribution in [0.4, 0.5) is 0 Å². The van der Waals surface area contributed by atoms with E-state index in [1.165, 1.54) is 0 Å². The van der Waals surface area contributed by atoms with E-state index in [1.54, 1.807) is 0 Å². The molecule has 0 aliphatic carbocycles. The highest BCUT2D eigenvalue weighted by Gasteiger charge is 2.13. The second kappa shape index (κ2) is 4.57.